The second-order valence-corrected chi connectivity index (χ2v) is 11.1. The maximum atomic E-state index is 13.2. The average molecular weight is 580 g/mol. The Morgan fingerprint density at radius 2 is 1.93 bits per heavy atom. The van der Waals surface area contributed by atoms with E-state index in [2.05, 4.69) is 46.9 Å². The van der Waals surface area contributed by atoms with Crippen molar-refractivity contribution in [1.29, 1.82) is 5.26 Å². The van der Waals surface area contributed by atoms with Gasteiger partial charge < -0.3 is 20.9 Å². The lowest BCUT2D eigenvalue weighted by Gasteiger charge is -2.33. The van der Waals surface area contributed by atoms with Crippen LogP contribution in [0.4, 0.5) is 34.6 Å². The van der Waals surface area contributed by atoms with Gasteiger partial charge in [0.1, 0.15) is 16.9 Å². The number of halogens is 1. The summed E-state index contributed by atoms with van der Waals surface area (Å²) in [5.74, 6) is 1.89. The van der Waals surface area contributed by atoms with Crippen LogP contribution in [0.2, 0.25) is 5.02 Å². The first-order valence-corrected chi connectivity index (χ1v) is 14.4. The van der Waals surface area contributed by atoms with E-state index < -0.39 is 0 Å². The van der Waals surface area contributed by atoms with E-state index in [0.29, 0.717) is 35.2 Å². The molecule has 3 N–H and O–H groups in total. The normalized spacial score (nSPS) is 14.7. The van der Waals surface area contributed by atoms with E-state index in [-0.39, 0.29) is 11.8 Å². The first-order valence-electron chi connectivity index (χ1n) is 14.0. The van der Waals surface area contributed by atoms with Crippen LogP contribution in [0, 0.1) is 24.2 Å². The molecular weight excluding hydrogens is 550 g/mol. The van der Waals surface area contributed by atoms with Crippen LogP contribution in [0.3, 0.4) is 0 Å². The number of pyridine rings is 2. The molecule has 0 spiro atoms. The third-order valence-electron chi connectivity index (χ3n) is 7.64. The molecule has 2 aliphatic rings. The highest BCUT2D eigenvalue weighted by molar-refractivity contribution is 6.32. The number of nitrogens with zero attached hydrogens (tertiary/aromatic N) is 6. The second-order valence-electron chi connectivity index (χ2n) is 10.7. The van der Waals surface area contributed by atoms with Crippen LogP contribution in [-0.4, -0.2) is 38.9 Å². The molecule has 212 valence electrons. The highest BCUT2D eigenvalue weighted by Crippen LogP contribution is 2.31. The molecule has 5 heterocycles. The number of amides is 1. The molecular formula is C31H30ClN9O. The zero-order valence-electron chi connectivity index (χ0n) is 23.2. The van der Waals surface area contributed by atoms with E-state index in [1.165, 1.54) is 0 Å². The van der Waals surface area contributed by atoms with E-state index in [4.69, 9.17) is 11.6 Å². The summed E-state index contributed by atoms with van der Waals surface area (Å²) in [7, 11) is 0. The molecule has 1 saturated heterocycles. The van der Waals surface area contributed by atoms with Crippen molar-refractivity contribution in [3.05, 3.63) is 82.4 Å². The van der Waals surface area contributed by atoms with Crippen LogP contribution >= 0.6 is 11.6 Å². The van der Waals surface area contributed by atoms with Crippen molar-refractivity contribution in [1.82, 2.24) is 19.9 Å². The first kappa shape index (κ1) is 27.4. The molecule has 0 atom stereocenters. The summed E-state index contributed by atoms with van der Waals surface area (Å²) in [6.45, 7) is 3.47. The molecule has 0 unspecified atom stereocenters. The van der Waals surface area contributed by atoms with Gasteiger partial charge in [-0.05, 0) is 86.1 Å². The number of anilines is 6. The lowest BCUT2D eigenvalue weighted by molar-refractivity contribution is -0.117. The lowest BCUT2D eigenvalue weighted by Crippen LogP contribution is -2.36. The molecule has 4 aromatic rings. The quantitative estimate of drug-likeness (QED) is 0.269. The smallest absolute Gasteiger partial charge is 0.229 e. The molecule has 42 heavy (non-hydrogen) atoms. The van der Waals surface area contributed by atoms with Gasteiger partial charge in [0.25, 0.3) is 0 Å². The number of aryl methyl sites for hydroxylation is 3. The van der Waals surface area contributed by atoms with Gasteiger partial charge in [0.05, 0.1) is 23.6 Å². The van der Waals surface area contributed by atoms with Gasteiger partial charge >= 0.3 is 0 Å². The Labute approximate surface area is 249 Å². The van der Waals surface area contributed by atoms with Crippen molar-refractivity contribution in [3.63, 3.8) is 0 Å². The second kappa shape index (κ2) is 12.0. The number of nitriles is 1. The molecule has 1 fully saturated rings. The fraction of sp³-hybridized carbons (Fsp3) is 0.290. The molecule has 6 rings (SSSR count). The Kier molecular flexibility index (Phi) is 7.84. The maximum absolute atomic E-state index is 13.2. The van der Waals surface area contributed by atoms with Gasteiger partial charge in [-0.1, -0.05) is 11.6 Å². The molecule has 0 saturated carbocycles. The molecule has 10 nitrogen and oxygen atoms in total. The van der Waals surface area contributed by atoms with Crippen LogP contribution in [0.1, 0.15) is 41.6 Å². The molecule has 6 bridgehead atoms. The van der Waals surface area contributed by atoms with E-state index in [0.717, 1.165) is 72.1 Å². The summed E-state index contributed by atoms with van der Waals surface area (Å²) in [5, 5.41) is 19.6. The van der Waals surface area contributed by atoms with Crippen LogP contribution in [0.25, 0.3) is 0 Å². The summed E-state index contributed by atoms with van der Waals surface area (Å²) >= 11 is 6.39. The first-order chi connectivity index (χ1) is 20.4. The Balaban J connectivity index is 1.16. The minimum atomic E-state index is -0.00364. The van der Waals surface area contributed by atoms with E-state index in [1.54, 1.807) is 12.4 Å². The Morgan fingerprint density at radius 3 is 2.76 bits per heavy atom. The molecule has 1 amide bonds. The topological polar surface area (TPSA) is 132 Å². The third-order valence-corrected chi connectivity index (χ3v) is 7.92. The Morgan fingerprint density at radius 1 is 1.07 bits per heavy atom. The van der Waals surface area contributed by atoms with Crippen LogP contribution < -0.4 is 20.9 Å². The van der Waals surface area contributed by atoms with Gasteiger partial charge in [-0.25, -0.2) is 9.97 Å². The molecule has 2 aliphatic heterocycles. The number of hydrogen-bond donors (Lipinski definition) is 3. The molecule has 1 aromatic carbocycles. The number of nitrogens with one attached hydrogen (secondary N) is 3. The largest absolute Gasteiger partial charge is 0.355 e. The predicted molar refractivity (Wildman–Crippen MR) is 164 cm³/mol. The highest BCUT2D eigenvalue weighted by Gasteiger charge is 2.24. The lowest BCUT2D eigenvalue weighted by atomic mass is 9.92. The van der Waals surface area contributed by atoms with Gasteiger partial charge in [-0.15, -0.1) is 0 Å². The van der Waals surface area contributed by atoms with Gasteiger partial charge in [0, 0.05) is 42.8 Å². The summed E-state index contributed by atoms with van der Waals surface area (Å²) in [5.41, 5.74) is 5.92. The minimum absolute atomic E-state index is 0.00364. The van der Waals surface area contributed by atoms with Crippen molar-refractivity contribution in [2.24, 2.45) is 5.92 Å². The number of piperidine rings is 1. The van der Waals surface area contributed by atoms with Gasteiger partial charge in [0.15, 0.2) is 5.82 Å². The monoisotopic (exact) mass is 579 g/mol. The molecule has 0 radical (unpaired) electrons. The fourth-order valence-corrected chi connectivity index (χ4v) is 5.57. The summed E-state index contributed by atoms with van der Waals surface area (Å²) in [4.78, 5) is 33.2. The summed E-state index contributed by atoms with van der Waals surface area (Å²) < 4.78 is 0. The van der Waals surface area contributed by atoms with E-state index in [1.807, 2.05) is 49.5 Å². The molecule has 3 aromatic heterocycles. The Hall–Kier alpha value is -4.75. The van der Waals surface area contributed by atoms with E-state index >= 15 is 0 Å². The zero-order valence-corrected chi connectivity index (χ0v) is 23.9. The standard InChI is InChI=1S/C31H30ClN9O/c1-19-2-4-23(15-33)30(36-19)41-10-8-20(9-11-41)13-28(42)39-27-7-6-24-14-22(27)5-3-21-12-25(17-34-16-21)38-31-35-18-26(32)29(37-24)40-31/h2,4,6-7,12,14,16-18,20H,3,5,8-11,13H2,1H3,(H,39,42)(H2,35,37,38,40). The maximum Gasteiger partial charge on any atom is 0.229 e. The number of benzene rings is 1. The average Bonchev–Trinajstić information content (AvgIpc) is 2.99. The summed E-state index contributed by atoms with van der Waals surface area (Å²) in [6.07, 6.45) is 8.74. The SMILES string of the molecule is Cc1ccc(C#N)c(N2CCC(CC(=O)Nc3ccc4cc3CCc3cncc(c3)Nc3ncc(Cl)c(n3)N4)CC2)n1. The number of rotatable bonds is 4. The van der Waals surface area contributed by atoms with Crippen molar-refractivity contribution in [2.45, 2.75) is 39.0 Å². The number of fused-ring (bicyclic) bond motifs is 6. The predicted octanol–water partition coefficient (Wildman–Crippen LogP) is 5.93. The zero-order chi connectivity index (χ0) is 29.1. The highest BCUT2D eigenvalue weighted by atomic mass is 35.5. The van der Waals surface area contributed by atoms with E-state index in [9.17, 15) is 10.1 Å². The van der Waals surface area contributed by atoms with Crippen molar-refractivity contribution in [2.75, 3.05) is 33.9 Å². The third kappa shape index (κ3) is 6.26. The van der Waals surface area contributed by atoms with Crippen LogP contribution in [0.5, 0.6) is 0 Å². The van der Waals surface area contributed by atoms with Crippen molar-refractivity contribution in [3.8, 4) is 6.07 Å². The Bertz CT molecular complexity index is 1680. The van der Waals surface area contributed by atoms with Crippen molar-refractivity contribution < 1.29 is 4.79 Å². The molecule has 0 aliphatic carbocycles. The van der Waals surface area contributed by atoms with Gasteiger partial charge in [-0.3, -0.25) is 9.78 Å². The summed E-state index contributed by atoms with van der Waals surface area (Å²) in [6, 6.07) is 13.8. The minimum Gasteiger partial charge on any atom is -0.355 e. The number of aromatic nitrogens is 4. The van der Waals surface area contributed by atoms with Crippen molar-refractivity contribution >= 4 is 52.2 Å². The van der Waals surface area contributed by atoms with Gasteiger partial charge in [0.2, 0.25) is 11.9 Å². The fourth-order valence-electron chi connectivity index (χ4n) is 5.44. The number of carbonyl (C=O) groups excluding carboxylic acids is 1. The van der Waals surface area contributed by atoms with Gasteiger partial charge in [-0.2, -0.15) is 10.2 Å². The van der Waals surface area contributed by atoms with Crippen LogP contribution in [-0.2, 0) is 17.6 Å². The van der Waals surface area contributed by atoms with Crippen LogP contribution in [0.15, 0.2) is 55.0 Å². The molecule has 11 heteroatoms. The number of hydrogen-bond acceptors (Lipinski definition) is 9. The number of carbonyl (C=O) groups is 1.